The summed E-state index contributed by atoms with van der Waals surface area (Å²) in [5, 5.41) is 0.833. The van der Waals surface area contributed by atoms with Crippen LogP contribution in [0.5, 0.6) is 0 Å². The van der Waals surface area contributed by atoms with Crippen LogP contribution in [0.2, 0.25) is 0 Å². The highest BCUT2D eigenvalue weighted by atomic mass is 32.2. The number of hydrogen-bond acceptors (Lipinski definition) is 4. The summed E-state index contributed by atoms with van der Waals surface area (Å²) in [4.78, 5) is 21.8. The number of piperazine rings is 1. The molecule has 1 saturated heterocycles. The Labute approximate surface area is 151 Å². The third kappa shape index (κ3) is 3.61. The molecule has 0 spiro atoms. The van der Waals surface area contributed by atoms with Gasteiger partial charge in [0.2, 0.25) is 0 Å². The Balaban J connectivity index is 1.40. The molecule has 0 aromatic heterocycles. The van der Waals surface area contributed by atoms with Crippen molar-refractivity contribution in [3.05, 3.63) is 71.1 Å². The van der Waals surface area contributed by atoms with Gasteiger partial charge in [-0.25, -0.2) is 0 Å². The monoisotopic (exact) mass is 349 g/mol. The fourth-order valence-electron chi connectivity index (χ4n) is 3.03. The quantitative estimate of drug-likeness (QED) is 0.778. The van der Waals surface area contributed by atoms with E-state index in [0.717, 1.165) is 36.9 Å². The molecule has 2 aromatic rings. The van der Waals surface area contributed by atoms with Crippen molar-refractivity contribution >= 4 is 34.6 Å². The van der Waals surface area contributed by atoms with E-state index in [1.165, 1.54) is 17.4 Å². The van der Waals surface area contributed by atoms with Crippen LogP contribution in [-0.4, -0.2) is 42.2 Å². The summed E-state index contributed by atoms with van der Waals surface area (Å²) >= 11 is 1.49. The lowest BCUT2D eigenvalue weighted by atomic mass is 10.2. The number of amidine groups is 1. The van der Waals surface area contributed by atoms with E-state index in [1.54, 1.807) is 0 Å². The number of hydrogen-bond donors (Lipinski definition) is 0. The standard InChI is InChI=1S/C20H19N3OS/c24-19-18(15-16-7-3-1-4-8-16)25-20(21-19)23-13-11-22(12-14-23)17-9-5-2-6-10-17/h1-10,15H,11-14H2/b18-15-. The molecule has 0 saturated carbocycles. The fourth-order valence-corrected chi connectivity index (χ4v) is 3.99. The molecule has 5 heteroatoms. The highest BCUT2D eigenvalue weighted by Crippen LogP contribution is 2.31. The number of amides is 1. The van der Waals surface area contributed by atoms with Crippen LogP contribution < -0.4 is 4.90 Å². The topological polar surface area (TPSA) is 35.9 Å². The largest absolute Gasteiger partial charge is 0.368 e. The normalized spacial score (nSPS) is 19.4. The maximum Gasteiger partial charge on any atom is 0.286 e. The Hall–Kier alpha value is -2.53. The summed E-state index contributed by atoms with van der Waals surface area (Å²) in [5.41, 5.74) is 2.28. The summed E-state index contributed by atoms with van der Waals surface area (Å²) in [7, 11) is 0. The van der Waals surface area contributed by atoms with Crippen molar-refractivity contribution < 1.29 is 4.79 Å². The van der Waals surface area contributed by atoms with Crippen molar-refractivity contribution in [2.24, 2.45) is 4.99 Å². The molecule has 2 aliphatic rings. The lowest BCUT2D eigenvalue weighted by Crippen LogP contribution is -2.47. The minimum atomic E-state index is -0.130. The maximum atomic E-state index is 12.2. The number of carbonyl (C=O) groups is 1. The third-order valence-corrected chi connectivity index (χ3v) is 5.42. The van der Waals surface area contributed by atoms with Crippen LogP contribution in [0, 0.1) is 0 Å². The number of benzene rings is 2. The van der Waals surface area contributed by atoms with Gasteiger partial charge in [-0.1, -0.05) is 48.5 Å². The summed E-state index contributed by atoms with van der Waals surface area (Å²) in [5.74, 6) is -0.130. The Morgan fingerprint density at radius 1 is 0.840 bits per heavy atom. The van der Waals surface area contributed by atoms with Gasteiger partial charge in [0.1, 0.15) is 0 Å². The van der Waals surface area contributed by atoms with Crippen molar-refractivity contribution in [2.45, 2.75) is 0 Å². The molecule has 4 nitrogen and oxygen atoms in total. The van der Waals surface area contributed by atoms with E-state index in [0.29, 0.717) is 4.91 Å². The van der Waals surface area contributed by atoms with Gasteiger partial charge in [-0.15, -0.1) is 0 Å². The van der Waals surface area contributed by atoms with Gasteiger partial charge in [-0.05, 0) is 35.5 Å². The molecule has 4 rings (SSSR count). The van der Waals surface area contributed by atoms with E-state index in [4.69, 9.17) is 0 Å². The molecule has 2 heterocycles. The molecular weight excluding hydrogens is 330 g/mol. The van der Waals surface area contributed by atoms with Crippen LogP contribution >= 0.6 is 11.8 Å². The van der Waals surface area contributed by atoms with Gasteiger partial charge in [0.05, 0.1) is 4.91 Å². The average Bonchev–Trinajstić information content (AvgIpc) is 3.04. The number of aliphatic imine (C=N–C) groups is 1. The van der Waals surface area contributed by atoms with Crippen molar-refractivity contribution in [1.82, 2.24) is 4.90 Å². The third-order valence-electron chi connectivity index (χ3n) is 4.38. The average molecular weight is 349 g/mol. The molecule has 1 amide bonds. The van der Waals surface area contributed by atoms with Crippen LogP contribution in [0.3, 0.4) is 0 Å². The second kappa shape index (κ2) is 7.15. The van der Waals surface area contributed by atoms with Crippen molar-refractivity contribution in [3.8, 4) is 0 Å². The Kier molecular flexibility index (Phi) is 4.57. The first-order chi connectivity index (χ1) is 12.3. The smallest absolute Gasteiger partial charge is 0.286 e. The zero-order valence-electron chi connectivity index (χ0n) is 13.8. The molecule has 0 unspecified atom stereocenters. The first kappa shape index (κ1) is 16.0. The number of carbonyl (C=O) groups excluding carboxylic acids is 1. The molecule has 126 valence electrons. The summed E-state index contributed by atoms with van der Waals surface area (Å²) in [6, 6.07) is 20.4. The molecule has 0 radical (unpaired) electrons. The van der Waals surface area contributed by atoms with Gasteiger partial charge in [0, 0.05) is 31.9 Å². The summed E-state index contributed by atoms with van der Waals surface area (Å²) in [6.07, 6.45) is 1.92. The zero-order valence-corrected chi connectivity index (χ0v) is 14.7. The van der Waals surface area contributed by atoms with E-state index >= 15 is 0 Å². The predicted octanol–water partition coefficient (Wildman–Crippen LogP) is 3.48. The fraction of sp³-hybridized carbons (Fsp3) is 0.200. The summed E-state index contributed by atoms with van der Waals surface area (Å²) in [6.45, 7) is 3.64. The zero-order chi connectivity index (χ0) is 17.1. The molecule has 1 fully saturated rings. The SMILES string of the molecule is O=C1N=C(N2CCN(c3ccccc3)CC2)S/C1=C\c1ccccc1. The first-order valence-electron chi connectivity index (χ1n) is 8.42. The van der Waals surface area contributed by atoms with Crippen LogP contribution in [0.1, 0.15) is 5.56 Å². The van der Waals surface area contributed by atoms with Gasteiger partial charge in [-0.2, -0.15) is 4.99 Å². The number of para-hydroxylation sites is 1. The summed E-state index contributed by atoms with van der Waals surface area (Å²) < 4.78 is 0. The van der Waals surface area contributed by atoms with Crippen LogP contribution in [0.25, 0.3) is 6.08 Å². The number of thioether (sulfide) groups is 1. The number of rotatable bonds is 2. The molecule has 0 atom stereocenters. The molecule has 0 N–H and O–H groups in total. The molecule has 2 aromatic carbocycles. The Morgan fingerprint density at radius 2 is 1.44 bits per heavy atom. The maximum absolute atomic E-state index is 12.2. The van der Waals surface area contributed by atoms with Crippen LogP contribution in [0.4, 0.5) is 5.69 Å². The van der Waals surface area contributed by atoms with Gasteiger partial charge >= 0.3 is 0 Å². The molecule has 25 heavy (non-hydrogen) atoms. The minimum absolute atomic E-state index is 0.130. The van der Waals surface area contributed by atoms with Gasteiger partial charge < -0.3 is 9.80 Å². The Bertz CT molecular complexity index is 809. The van der Waals surface area contributed by atoms with E-state index in [-0.39, 0.29) is 5.91 Å². The van der Waals surface area contributed by atoms with Gasteiger partial charge in [0.15, 0.2) is 5.17 Å². The Morgan fingerprint density at radius 3 is 2.12 bits per heavy atom. The van der Waals surface area contributed by atoms with E-state index in [1.807, 2.05) is 42.5 Å². The minimum Gasteiger partial charge on any atom is -0.368 e. The van der Waals surface area contributed by atoms with E-state index in [2.05, 4.69) is 39.1 Å². The van der Waals surface area contributed by atoms with Crippen LogP contribution in [0.15, 0.2) is 70.6 Å². The van der Waals surface area contributed by atoms with Crippen molar-refractivity contribution in [1.29, 1.82) is 0 Å². The van der Waals surface area contributed by atoms with E-state index < -0.39 is 0 Å². The van der Waals surface area contributed by atoms with E-state index in [9.17, 15) is 4.79 Å². The highest BCUT2D eigenvalue weighted by Gasteiger charge is 2.28. The van der Waals surface area contributed by atoms with Gasteiger partial charge in [-0.3, -0.25) is 4.79 Å². The molecule has 2 aliphatic heterocycles. The van der Waals surface area contributed by atoms with Crippen molar-refractivity contribution in [3.63, 3.8) is 0 Å². The molecule has 0 bridgehead atoms. The predicted molar refractivity (Wildman–Crippen MR) is 105 cm³/mol. The lowest BCUT2D eigenvalue weighted by Gasteiger charge is -2.36. The highest BCUT2D eigenvalue weighted by molar-refractivity contribution is 8.18. The van der Waals surface area contributed by atoms with Crippen molar-refractivity contribution in [2.75, 3.05) is 31.1 Å². The van der Waals surface area contributed by atoms with Crippen LogP contribution in [-0.2, 0) is 4.79 Å². The number of nitrogens with zero attached hydrogens (tertiary/aromatic N) is 3. The molecule has 0 aliphatic carbocycles. The second-order valence-corrected chi connectivity index (χ2v) is 7.04. The first-order valence-corrected chi connectivity index (χ1v) is 9.24. The second-order valence-electron chi connectivity index (χ2n) is 6.03. The number of anilines is 1. The lowest BCUT2D eigenvalue weighted by molar-refractivity contribution is -0.113. The molecular formula is C20H19N3OS. The van der Waals surface area contributed by atoms with Gasteiger partial charge in [0.25, 0.3) is 5.91 Å².